The Morgan fingerprint density at radius 2 is 2.12 bits per heavy atom. The molecule has 0 aromatic carbocycles. The van der Waals surface area contributed by atoms with Gasteiger partial charge in [-0.05, 0) is 6.42 Å². The van der Waals surface area contributed by atoms with Crippen LogP contribution in [0.15, 0.2) is 12.5 Å². The van der Waals surface area contributed by atoms with E-state index in [-0.39, 0.29) is 5.78 Å². The highest BCUT2D eigenvalue weighted by molar-refractivity contribution is 5.93. The molecule has 0 radical (unpaired) electrons. The molecule has 17 heavy (non-hydrogen) atoms. The molecule has 0 aliphatic heterocycles. The van der Waals surface area contributed by atoms with Crippen molar-refractivity contribution in [1.29, 1.82) is 0 Å². The van der Waals surface area contributed by atoms with Crippen molar-refractivity contribution in [2.24, 2.45) is 5.73 Å². The van der Waals surface area contributed by atoms with Gasteiger partial charge in [0.2, 0.25) is 0 Å². The van der Waals surface area contributed by atoms with Crippen molar-refractivity contribution in [3.63, 3.8) is 0 Å². The van der Waals surface area contributed by atoms with E-state index in [1.807, 2.05) is 4.57 Å². The van der Waals surface area contributed by atoms with Gasteiger partial charge >= 0.3 is 0 Å². The van der Waals surface area contributed by atoms with Gasteiger partial charge in [-0.3, -0.25) is 4.79 Å². The lowest BCUT2D eigenvalue weighted by atomic mass is 10.1. The zero-order valence-electron chi connectivity index (χ0n) is 10.7. The first-order valence-electron chi connectivity index (χ1n) is 6.53. The van der Waals surface area contributed by atoms with Crippen LogP contribution >= 0.6 is 0 Å². The summed E-state index contributed by atoms with van der Waals surface area (Å²) in [6.45, 7) is 3.48. The van der Waals surface area contributed by atoms with Crippen molar-refractivity contribution < 1.29 is 4.79 Å². The molecular formula is C13H23N3O. The molecule has 0 saturated heterocycles. The number of aromatic nitrogens is 2. The van der Waals surface area contributed by atoms with E-state index in [1.165, 1.54) is 19.3 Å². The van der Waals surface area contributed by atoms with Crippen LogP contribution in [0, 0.1) is 0 Å². The Hall–Kier alpha value is -1.16. The summed E-state index contributed by atoms with van der Waals surface area (Å²) in [7, 11) is 0. The second-order valence-corrected chi connectivity index (χ2v) is 4.37. The SMILES string of the molecule is CCCCCCCC(=O)c1cn(CCN)cn1. The first kappa shape index (κ1) is 13.9. The lowest BCUT2D eigenvalue weighted by molar-refractivity contribution is 0.0974. The third-order valence-corrected chi connectivity index (χ3v) is 2.81. The number of unbranched alkanes of at least 4 members (excludes halogenated alkanes) is 4. The summed E-state index contributed by atoms with van der Waals surface area (Å²) in [5.41, 5.74) is 6.02. The highest BCUT2D eigenvalue weighted by atomic mass is 16.1. The summed E-state index contributed by atoms with van der Waals surface area (Å²) in [5, 5.41) is 0. The molecule has 4 heteroatoms. The van der Waals surface area contributed by atoms with Crippen LogP contribution in [-0.2, 0) is 6.54 Å². The molecule has 1 heterocycles. The Labute approximate surface area is 103 Å². The molecule has 0 aliphatic rings. The van der Waals surface area contributed by atoms with E-state index in [4.69, 9.17) is 5.73 Å². The number of carbonyl (C=O) groups excluding carboxylic acids is 1. The highest BCUT2D eigenvalue weighted by Crippen LogP contribution is 2.08. The van der Waals surface area contributed by atoms with E-state index in [0.717, 1.165) is 19.4 Å². The van der Waals surface area contributed by atoms with Crippen molar-refractivity contribution in [1.82, 2.24) is 9.55 Å². The number of carbonyl (C=O) groups is 1. The van der Waals surface area contributed by atoms with Crippen LogP contribution in [0.5, 0.6) is 0 Å². The average molecular weight is 237 g/mol. The molecule has 0 unspecified atom stereocenters. The molecule has 1 rings (SSSR count). The van der Waals surface area contributed by atoms with E-state index >= 15 is 0 Å². The van der Waals surface area contributed by atoms with Gasteiger partial charge in [-0.1, -0.05) is 32.6 Å². The number of hydrogen-bond donors (Lipinski definition) is 1. The summed E-state index contributed by atoms with van der Waals surface area (Å²) >= 11 is 0. The second-order valence-electron chi connectivity index (χ2n) is 4.37. The van der Waals surface area contributed by atoms with Crippen molar-refractivity contribution >= 4 is 5.78 Å². The molecule has 0 saturated carbocycles. The van der Waals surface area contributed by atoms with Gasteiger partial charge in [-0.15, -0.1) is 0 Å². The number of nitrogens with two attached hydrogens (primary N) is 1. The predicted molar refractivity (Wildman–Crippen MR) is 69.0 cm³/mol. The Morgan fingerprint density at radius 1 is 1.35 bits per heavy atom. The van der Waals surface area contributed by atoms with Crippen molar-refractivity contribution in [2.75, 3.05) is 6.54 Å². The van der Waals surface area contributed by atoms with E-state index in [0.29, 0.717) is 18.7 Å². The number of hydrogen-bond acceptors (Lipinski definition) is 3. The lowest BCUT2D eigenvalue weighted by Gasteiger charge is -1.99. The molecule has 1 aromatic heterocycles. The monoisotopic (exact) mass is 237 g/mol. The maximum atomic E-state index is 11.8. The Balaban J connectivity index is 2.26. The second kappa shape index (κ2) is 8.01. The quantitative estimate of drug-likeness (QED) is 0.530. The van der Waals surface area contributed by atoms with Gasteiger partial charge in [0.05, 0.1) is 6.33 Å². The maximum Gasteiger partial charge on any atom is 0.182 e. The van der Waals surface area contributed by atoms with E-state index in [9.17, 15) is 4.79 Å². The van der Waals surface area contributed by atoms with Gasteiger partial charge in [-0.2, -0.15) is 0 Å². The minimum absolute atomic E-state index is 0.150. The number of Topliss-reactive ketones (excluding diaryl/α,β-unsaturated/α-hetero) is 1. The van der Waals surface area contributed by atoms with Crippen LogP contribution in [0.1, 0.15) is 55.9 Å². The Morgan fingerprint density at radius 3 is 2.82 bits per heavy atom. The smallest absolute Gasteiger partial charge is 0.182 e. The van der Waals surface area contributed by atoms with Crippen molar-refractivity contribution in [3.8, 4) is 0 Å². The fourth-order valence-corrected chi connectivity index (χ4v) is 1.79. The van der Waals surface area contributed by atoms with Gasteiger partial charge in [-0.25, -0.2) is 4.98 Å². The number of rotatable bonds is 9. The molecule has 4 nitrogen and oxygen atoms in total. The minimum Gasteiger partial charge on any atom is -0.335 e. The summed E-state index contributed by atoms with van der Waals surface area (Å²) in [5.74, 6) is 0.150. The summed E-state index contributed by atoms with van der Waals surface area (Å²) in [6.07, 6.45) is 9.93. The molecule has 0 atom stereocenters. The van der Waals surface area contributed by atoms with Gasteiger partial charge in [0.1, 0.15) is 5.69 Å². The summed E-state index contributed by atoms with van der Waals surface area (Å²) in [6, 6.07) is 0. The summed E-state index contributed by atoms with van der Waals surface area (Å²) in [4.78, 5) is 15.9. The van der Waals surface area contributed by atoms with Crippen LogP contribution in [0.2, 0.25) is 0 Å². The van der Waals surface area contributed by atoms with E-state index in [1.54, 1.807) is 12.5 Å². The standard InChI is InChI=1S/C13H23N3O/c1-2-3-4-5-6-7-13(17)12-10-16(9-8-14)11-15-12/h10-11H,2-9,14H2,1H3. The number of imidazole rings is 1. The fourth-order valence-electron chi connectivity index (χ4n) is 1.79. The third-order valence-electron chi connectivity index (χ3n) is 2.81. The third kappa shape index (κ3) is 5.13. The van der Waals surface area contributed by atoms with E-state index in [2.05, 4.69) is 11.9 Å². The van der Waals surface area contributed by atoms with Crippen LogP contribution in [0.4, 0.5) is 0 Å². The molecule has 1 aromatic rings. The predicted octanol–water partition coefficient (Wildman–Crippen LogP) is 2.38. The largest absolute Gasteiger partial charge is 0.335 e. The van der Waals surface area contributed by atoms with Gasteiger partial charge < -0.3 is 10.3 Å². The topological polar surface area (TPSA) is 60.9 Å². The van der Waals surface area contributed by atoms with Crippen molar-refractivity contribution in [3.05, 3.63) is 18.2 Å². The lowest BCUT2D eigenvalue weighted by Crippen LogP contribution is -2.08. The minimum atomic E-state index is 0.150. The van der Waals surface area contributed by atoms with Crippen molar-refractivity contribution in [2.45, 2.75) is 52.0 Å². The molecule has 0 fully saturated rings. The molecule has 2 N–H and O–H groups in total. The molecular weight excluding hydrogens is 214 g/mol. The zero-order chi connectivity index (χ0) is 12.5. The molecule has 0 bridgehead atoms. The van der Waals surface area contributed by atoms with Gasteiger partial charge in [0, 0.05) is 25.7 Å². The fraction of sp³-hybridized carbons (Fsp3) is 0.692. The molecule has 0 amide bonds. The Kier molecular flexibility index (Phi) is 6.55. The Bertz CT molecular complexity index is 333. The van der Waals surface area contributed by atoms with Crippen LogP contribution in [0.25, 0.3) is 0 Å². The summed E-state index contributed by atoms with van der Waals surface area (Å²) < 4.78 is 1.87. The van der Waals surface area contributed by atoms with Crippen LogP contribution in [-0.4, -0.2) is 21.9 Å². The molecule has 96 valence electrons. The van der Waals surface area contributed by atoms with Crippen LogP contribution < -0.4 is 5.73 Å². The van der Waals surface area contributed by atoms with Gasteiger partial charge in [0.25, 0.3) is 0 Å². The van der Waals surface area contributed by atoms with Gasteiger partial charge in [0.15, 0.2) is 5.78 Å². The number of nitrogens with zero attached hydrogens (tertiary/aromatic N) is 2. The van der Waals surface area contributed by atoms with Crippen LogP contribution in [0.3, 0.4) is 0 Å². The highest BCUT2D eigenvalue weighted by Gasteiger charge is 2.08. The normalized spacial score (nSPS) is 10.7. The number of ketones is 1. The first-order chi connectivity index (χ1) is 8.27. The first-order valence-corrected chi connectivity index (χ1v) is 6.53. The molecule has 0 aliphatic carbocycles. The average Bonchev–Trinajstić information content (AvgIpc) is 2.78. The maximum absolute atomic E-state index is 11.8. The van der Waals surface area contributed by atoms with E-state index < -0.39 is 0 Å². The zero-order valence-corrected chi connectivity index (χ0v) is 10.7. The molecule has 0 spiro atoms.